The van der Waals surface area contributed by atoms with Gasteiger partial charge in [0, 0.05) is 24.7 Å². The lowest BCUT2D eigenvalue weighted by Crippen LogP contribution is -2.29. The number of nitrogens with two attached hydrogens (primary N) is 1. The number of hydrogen-bond donors (Lipinski definition) is 2. The SMILES string of the molecule is COc1ccc([N+](=O)[O-])cc1C(=O)NCCC(C)N.Cl. The minimum absolute atomic E-state index is 0. The van der Waals surface area contributed by atoms with E-state index in [0.29, 0.717) is 18.7 Å². The third kappa shape index (κ3) is 5.02. The predicted octanol–water partition coefficient (Wildman–Crippen LogP) is 1.49. The molecule has 1 aromatic carbocycles. The Morgan fingerprint density at radius 2 is 2.20 bits per heavy atom. The summed E-state index contributed by atoms with van der Waals surface area (Å²) in [7, 11) is 1.40. The van der Waals surface area contributed by atoms with Crippen LogP contribution in [0, 0.1) is 10.1 Å². The topological polar surface area (TPSA) is 107 Å². The monoisotopic (exact) mass is 303 g/mol. The number of ether oxygens (including phenoxy) is 1. The summed E-state index contributed by atoms with van der Waals surface area (Å²) in [5.41, 5.74) is 5.56. The minimum atomic E-state index is -0.557. The van der Waals surface area contributed by atoms with E-state index in [9.17, 15) is 14.9 Å². The van der Waals surface area contributed by atoms with E-state index in [-0.39, 0.29) is 29.7 Å². The smallest absolute Gasteiger partial charge is 0.270 e. The van der Waals surface area contributed by atoms with E-state index in [1.165, 1.54) is 25.3 Å². The van der Waals surface area contributed by atoms with Gasteiger partial charge in [-0.05, 0) is 19.4 Å². The molecule has 1 rings (SSSR count). The van der Waals surface area contributed by atoms with E-state index in [4.69, 9.17) is 10.5 Å². The van der Waals surface area contributed by atoms with E-state index >= 15 is 0 Å². The van der Waals surface area contributed by atoms with Crippen molar-refractivity contribution in [3.05, 3.63) is 33.9 Å². The molecule has 0 fully saturated rings. The zero-order chi connectivity index (χ0) is 14.4. The summed E-state index contributed by atoms with van der Waals surface area (Å²) >= 11 is 0. The molecule has 20 heavy (non-hydrogen) atoms. The highest BCUT2D eigenvalue weighted by Gasteiger charge is 2.17. The molecule has 3 N–H and O–H groups in total. The fourth-order valence-corrected chi connectivity index (χ4v) is 1.50. The van der Waals surface area contributed by atoms with Crippen molar-refractivity contribution >= 4 is 24.0 Å². The van der Waals surface area contributed by atoms with Crippen LogP contribution in [0.4, 0.5) is 5.69 Å². The van der Waals surface area contributed by atoms with Crippen LogP contribution in [-0.4, -0.2) is 30.5 Å². The number of benzene rings is 1. The second-order valence-electron chi connectivity index (χ2n) is 4.16. The molecule has 0 spiro atoms. The number of hydrogen-bond acceptors (Lipinski definition) is 5. The van der Waals surface area contributed by atoms with E-state index in [0.717, 1.165) is 0 Å². The number of nitrogens with zero attached hydrogens (tertiary/aromatic N) is 1. The van der Waals surface area contributed by atoms with E-state index in [2.05, 4.69) is 5.32 Å². The number of amides is 1. The van der Waals surface area contributed by atoms with Crippen LogP contribution in [0.5, 0.6) is 5.75 Å². The number of rotatable bonds is 6. The average Bonchev–Trinajstić information content (AvgIpc) is 2.37. The number of methoxy groups -OCH3 is 1. The Hall–Kier alpha value is -1.86. The van der Waals surface area contributed by atoms with Crippen molar-refractivity contribution < 1.29 is 14.5 Å². The van der Waals surface area contributed by atoms with Gasteiger partial charge >= 0.3 is 0 Å². The summed E-state index contributed by atoms with van der Waals surface area (Å²) in [4.78, 5) is 22.1. The highest BCUT2D eigenvalue weighted by Crippen LogP contribution is 2.23. The molecule has 1 atom stereocenters. The van der Waals surface area contributed by atoms with Crippen LogP contribution in [0.1, 0.15) is 23.7 Å². The second kappa shape index (κ2) is 8.34. The van der Waals surface area contributed by atoms with Gasteiger partial charge in [0.25, 0.3) is 11.6 Å². The lowest BCUT2D eigenvalue weighted by molar-refractivity contribution is -0.384. The number of nitro groups is 1. The van der Waals surface area contributed by atoms with Gasteiger partial charge in [-0.1, -0.05) is 0 Å². The first-order valence-corrected chi connectivity index (χ1v) is 5.82. The number of nitro benzene ring substituents is 1. The molecule has 8 heteroatoms. The number of carbonyl (C=O) groups excluding carboxylic acids is 1. The Balaban J connectivity index is 0.00000361. The largest absolute Gasteiger partial charge is 0.496 e. The van der Waals surface area contributed by atoms with Crippen molar-refractivity contribution in [3.8, 4) is 5.75 Å². The third-order valence-corrected chi connectivity index (χ3v) is 2.52. The van der Waals surface area contributed by atoms with Crippen LogP contribution < -0.4 is 15.8 Å². The average molecular weight is 304 g/mol. The molecule has 0 heterocycles. The molecule has 112 valence electrons. The molecule has 0 radical (unpaired) electrons. The molecular weight excluding hydrogens is 286 g/mol. The third-order valence-electron chi connectivity index (χ3n) is 2.52. The van der Waals surface area contributed by atoms with Crippen molar-refractivity contribution in [2.45, 2.75) is 19.4 Å². The summed E-state index contributed by atoms with van der Waals surface area (Å²) in [6.45, 7) is 2.24. The summed E-state index contributed by atoms with van der Waals surface area (Å²) in [6, 6.07) is 3.86. The molecule has 0 aromatic heterocycles. The maximum absolute atomic E-state index is 11.9. The van der Waals surface area contributed by atoms with E-state index < -0.39 is 10.8 Å². The van der Waals surface area contributed by atoms with E-state index in [1.54, 1.807) is 0 Å². The highest BCUT2D eigenvalue weighted by atomic mass is 35.5. The predicted molar refractivity (Wildman–Crippen MR) is 77.5 cm³/mol. The Kier molecular flexibility index (Phi) is 7.56. The van der Waals surface area contributed by atoms with Crippen LogP contribution >= 0.6 is 12.4 Å². The number of carbonyl (C=O) groups is 1. The molecule has 0 aliphatic heterocycles. The van der Waals surface area contributed by atoms with Crippen LogP contribution in [0.2, 0.25) is 0 Å². The standard InChI is InChI=1S/C12H17N3O4.ClH/c1-8(13)5-6-14-12(16)10-7-9(15(17)18)3-4-11(10)19-2;/h3-4,7-8H,5-6,13H2,1-2H3,(H,14,16);1H. The Morgan fingerprint density at radius 3 is 2.70 bits per heavy atom. The van der Waals surface area contributed by atoms with Gasteiger partial charge in [-0.25, -0.2) is 0 Å². The first kappa shape index (κ1) is 18.1. The van der Waals surface area contributed by atoms with Crippen molar-refractivity contribution in [2.24, 2.45) is 5.73 Å². The van der Waals surface area contributed by atoms with Crippen LogP contribution in [0.15, 0.2) is 18.2 Å². The van der Waals surface area contributed by atoms with Crippen molar-refractivity contribution in [2.75, 3.05) is 13.7 Å². The number of non-ortho nitro benzene ring substituents is 1. The molecule has 1 amide bonds. The summed E-state index contributed by atoms with van der Waals surface area (Å²) in [5, 5.41) is 13.3. The molecule has 1 unspecified atom stereocenters. The van der Waals surface area contributed by atoms with Gasteiger partial charge in [0.15, 0.2) is 0 Å². The fraction of sp³-hybridized carbons (Fsp3) is 0.417. The Labute approximate surface area is 123 Å². The fourth-order valence-electron chi connectivity index (χ4n) is 1.50. The molecular formula is C12H18ClN3O4. The van der Waals surface area contributed by atoms with Gasteiger partial charge in [0.2, 0.25) is 0 Å². The lowest BCUT2D eigenvalue weighted by Gasteiger charge is -2.10. The van der Waals surface area contributed by atoms with E-state index in [1.807, 2.05) is 6.92 Å². The molecule has 0 aliphatic carbocycles. The molecule has 0 saturated carbocycles. The molecule has 0 aliphatic rings. The van der Waals surface area contributed by atoms with Gasteiger partial charge in [0.05, 0.1) is 17.6 Å². The maximum Gasteiger partial charge on any atom is 0.270 e. The lowest BCUT2D eigenvalue weighted by atomic mass is 10.1. The zero-order valence-corrected chi connectivity index (χ0v) is 12.1. The van der Waals surface area contributed by atoms with Gasteiger partial charge in [-0.2, -0.15) is 0 Å². The van der Waals surface area contributed by atoms with Crippen LogP contribution in [-0.2, 0) is 0 Å². The number of nitrogens with one attached hydrogen (secondary N) is 1. The molecule has 0 bridgehead atoms. The number of halogens is 1. The van der Waals surface area contributed by atoms with Crippen molar-refractivity contribution in [3.63, 3.8) is 0 Å². The molecule has 7 nitrogen and oxygen atoms in total. The van der Waals surface area contributed by atoms with Crippen molar-refractivity contribution in [1.29, 1.82) is 0 Å². The highest BCUT2D eigenvalue weighted by molar-refractivity contribution is 5.97. The first-order valence-electron chi connectivity index (χ1n) is 5.82. The summed E-state index contributed by atoms with van der Waals surface area (Å²) < 4.78 is 5.02. The summed E-state index contributed by atoms with van der Waals surface area (Å²) in [5.74, 6) is -0.120. The van der Waals surface area contributed by atoms with Crippen molar-refractivity contribution in [1.82, 2.24) is 5.32 Å². The normalized spacial score (nSPS) is 11.2. The van der Waals surface area contributed by atoms with Gasteiger partial charge < -0.3 is 15.8 Å². The second-order valence-corrected chi connectivity index (χ2v) is 4.16. The first-order chi connectivity index (χ1) is 8.95. The van der Waals surface area contributed by atoms with Crippen LogP contribution in [0.3, 0.4) is 0 Å². The Bertz CT molecular complexity index is 480. The van der Waals surface area contributed by atoms with Gasteiger partial charge in [-0.3, -0.25) is 14.9 Å². The minimum Gasteiger partial charge on any atom is -0.496 e. The zero-order valence-electron chi connectivity index (χ0n) is 11.3. The summed E-state index contributed by atoms with van der Waals surface area (Å²) in [6.07, 6.45) is 0.628. The molecule has 0 saturated heterocycles. The van der Waals surface area contributed by atoms with Gasteiger partial charge in [-0.15, -0.1) is 12.4 Å². The quantitative estimate of drug-likeness (QED) is 0.611. The maximum atomic E-state index is 11.9. The Morgan fingerprint density at radius 1 is 1.55 bits per heavy atom. The van der Waals surface area contributed by atoms with Gasteiger partial charge in [0.1, 0.15) is 5.75 Å². The molecule has 1 aromatic rings. The van der Waals surface area contributed by atoms with Crippen LogP contribution in [0.25, 0.3) is 0 Å².